The van der Waals surface area contributed by atoms with Gasteiger partial charge in [0.25, 0.3) is 5.91 Å². The molecule has 1 fully saturated rings. The number of nitrogens with one attached hydrogen (secondary N) is 1. The summed E-state index contributed by atoms with van der Waals surface area (Å²) in [5.41, 5.74) is -0.189. The van der Waals surface area contributed by atoms with Crippen molar-refractivity contribution in [1.82, 2.24) is 10.3 Å². The van der Waals surface area contributed by atoms with Crippen LogP contribution in [0.25, 0.3) is 0 Å². The minimum Gasteiger partial charge on any atom is -0.451 e. The molecule has 2 heterocycles. The van der Waals surface area contributed by atoms with E-state index in [0.29, 0.717) is 6.42 Å². The summed E-state index contributed by atoms with van der Waals surface area (Å²) in [6.07, 6.45) is 0.351. The molecule has 0 bridgehead atoms. The third-order valence-electron chi connectivity index (χ3n) is 2.94. The molecule has 22 heavy (non-hydrogen) atoms. The SMILES string of the molecule is O=C(COC(=O)c1nc(Cl)ccc1Cl)N[C@@H]1CCS(=O)(=O)C1. The predicted molar refractivity (Wildman–Crippen MR) is 79.7 cm³/mol. The molecule has 2 rings (SSSR count). The average Bonchev–Trinajstić information content (AvgIpc) is 2.78. The van der Waals surface area contributed by atoms with Crippen LogP contribution in [0.4, 0.5) is 0 Å². The average molecular weight is 367 g/mol. The zero-order chi connectivity index (χ0) is 16.3. The van der Waals surface area contributed by atoms with E-state index in [1.165, 1.54) is 12.1 Å². The van der Waals surface area contributed by atoms with Crippen LogP contribution < -0.4 is 5.32 Å². The maximum absolute atomic E-state index is 11.8. The van der Waals surface area contributed by atoms with E-state index in [9.17, 15) is 18.0 Å². The first kappa shape index (κ1) is 17.0. The lowest BCUT2D eigenvalue weighted by Gasteiger charge is -2.11. The van der Waals surface area contributed by atoms with Gasteiger partial charge < -0.3 is 10.1 Å². The minimum atomic E-state index is -3.09. The highest BCUT2D eigenvalue weighted by molar-refractivity contribution is 7.91. The molecule has 1 aromatic heterocycles. The Balaban J connectivity index is 1.86. The van der Waals surface area contributed by atoms with Gasteiger partial charge in [-0.15, -0.1) is 0 Å². The van der Waals surface area contributed by atoms with Crippen LogP contribution in [0.5, 0.6) is 0 Å². The lowest BCUT2D eigenvalue weighted by atomic mass is 10.2. The van der Waals surface area contributed by atoms with Crippen molar-refractivity contribution < 1.29 is 22.7 Å². The van der Waals surface area contributed by atoms with E-state index in [1.807, 2.05) is 0 Å². The number of sulfone groups is 1. The topological polar surface area (TPSA) is 102 Å². The van der Waals surface area contributed by atoms with Crippen molar-refractivity contribution in [2.75, 3.05) is 18.1 Å². The maximum atomic E-state index is 11.8. The number of aromatic nitrogens is 1. The fraction of sp³-hybridized carbons (Fsp3) is 0.417. The standard InChI is InChI=1S/C12H12Cl2N2O5S/c13-8-1-2-9(14)16-11(8)12(18)21-5-10(17)15-7-3-4-22(19,20)6-7/h1-2,7H,3-6H2,(H,15,17)/t7-/m1/s1. The monoisotopic (exact) mass is 366 g/mol. The van der Waals surface area contributed by atoms with Gasteiger partial charge in [-0.3, -0.25) is 4.79 Å². The maximum Gasteiger partial charge on any atom is 0.359 e. The van der Waals surface area contributed by atoms with Crippen molar-refractivity contribution in [3.8, 4) is 0 Å². The van der Waals surface area contributed by atoms with Gasteiger partial charge >= 0.3 is 5.97 Å². The molecule has 0 aromatic carbocycles. The van der Waals surface area contributed by atoms with Crippen LogP contribution >= 0.6 is 23.2 Å². The van der Waals surface area contributed by atoms with Gasteiger partial charge in [-0.05, 0) is 18.6 Å². The fourth-order valence-corrected chi connectivity index (χ4v) is 3.94. The van der Waals surface area contributed by atoms with E-state index in [1.54, 1.807) is 0 Å². The molecule has 0 aliphatic carbocycles. The van der Waals surface area contributed by atoms with Crippen molar-refractivity contribution in [2.45, 2.75) is 12.5 Å². The number of nitrogens with zero attached hydrogens (tertiary/aromatic N) is 1. The number of carbonyl (C=O) groups is 2. The second-order valence-corrected chi connectivity index (χ2v) is 7.73. The molecule has 0 saturated carbocycles. The normalized spacial score (nSPS) is 19.6. The van der Waals surface area contributed by atoms with Crippen LogP contribution in [0.2, 0.25) is 10.2 Å². The smallest absolute Gasteiger partial charge is 0.359 e. The van der Waals surface area contributed by atoms with Crippen LogP contribution in [0, 0.1) is 0 Å². The number of ether oxygens (including phenoxy) is 1. The molecule has 1 aliphatic rings. The Morgan fingerprint density at radius 1 is 1.36 bits per heavy atom. The number of amides is 1. The molecule has 120 valence electrons. The highest BCUT2D eigenvalue weighted by Crippen LogP contribution is 2.17. The minimum absolute atomic E-state index is 0.0414. The van der Waals surface area contributed by atoms with Crippen molar-refractivity contribution in [3.63, 3.8) is 0 Å². The summed E-state index contributed by atoms with van der Waals surface area (Å²) in [5, 5.41) is 2.61. The Labute approximate surface area is 136 Å². The fourth-order valence-electron chi connectivity index (χ4n) is 1.94. The molecule has 1 aliphatic heterocycles. The lowest BCUT2D eigenvalue weighted by molar-refractivity contribution is -0.124. The van der Waals surface area contributed by atoms with Crippen molar-refractivity contribution in [3.05, 3.63) is 28.0 Å². The summed E-state index contributed by atoms with van der Waals surface area (Å²) >= 11 is 11.4. The Bertz CT molecular complexity index is 707. The summed E-state index contributed by atoms with van der Waals surface area (Å²) in [7, 11) is -3.09. The van der Waals surface area contributed by atoms with E-state index in [4.69, 9.17) is 27.9 Å². The molecule has 0 unspecified atom stereocenters. The van der Waals surface area contributed by atoms with Crippen LogP contribution in [0.1, 0.15) is 16.9 Å². The third kappa shape index (κ3) is 4.56. The van der Waals surface area contributed by atoms with E-state index in [0.717, 1.165) is 0 Å². The van der Waals surface area contributed by atoms with Gasteiger partial charge in [0.1, 0.15) is 5.15 Å². The Hall–Kier alpha value is -1.38. The van der Waals surface area contributed by atoms with Crippen molar-refractivity contribution in [1.29, 1.82) is 0 Å². The molecule has 1 atom stereocenters. The van der Waals surface area contributed by atoms with Gasteiger partial charge in [0.05, 0.1) is 16.5 Å². The number of esters is 1. The second-order valence-electron chi connectivity index (χ2n) is 4.71. The lowest BCUT2D eigenvalue weighted by Crippen LogP contribution is -2.38. The van der Waals surface area contributed by atoms with Crippen molar-refractivity contribution >= 4 is 44.9 Å². The number of rotatable bonds is 4. The highest BCUT2D eigenvalue weighted by Gasteiger charge is 2.29. The zero-order valence-corrected chi connectivity index (χ0v) is 13.5. The largest absolute Gasteiger partial charge is 0.451 e. The van der Waals surface area contributed by atoms with Crippen LogP contribution in [0.15, 0.2) is 12.1 Å². The predicted octanol–water partition coefficient (Wildman–Crippen LogP) is 0.849. The summed E-state index contributed by atoms with van der Waals surface area (Å²) in [5.74, 6) is -1.54. The van der Waals surface area contributed by atoms with Crippen LogP contribution in [-0.4, -0.2) is 49.4 Å². The van der Waals surface area contributed by atoms with Gasteiger partial charge in [-0.1, -0.05) is 23.2 Å². The van der Waals surface area contributed by atoms with Gasteiger partial charge in [0, 0.05) is 6.04 Å². The van der Waals surface area contributed by atoms with Crippen molar-refractivity contribution in [2.24, 2.45) is 0 Å². The van der Waals surface area contributed by atoms with Crippen LogP contribution in [0.3, 0.4) is 0 Å². The van der Waals surface area contributed by atoms with Gasteiger partial charge in [0.15, 0.2) is 22.1 Å². The number of hydrogen-bond acceptors (Lipinski definition) is 6. The summed E-state index contributed by atoms with van der Waals surface area (Å²) in [6.45, 7) is -0.556. The molecule has 1 amide bonds. The second kappa shape index (κ2) is 6.80. The van der Waals surface area contributed by atoms with Crippen LogP contribution in [-0.2, 0) is 19.4 Å². The molecule has 1 N–H and O–H groups in total. The van der Waals surface area contributed by atoms with E-state index in [2.05, 4.69) is 10.3 Å². The molecule has 0 radical (unpaired) electrons. The highest BCUT2D eigenvalue weighted by atomic mass is 35.5. The Morgan fingerprint density at radius 2 is 2.09 bits per heavy atom. The van der Waals surface area contributed by atoms with E-state index in [-0.39, 0.29) is 27.4 Å². The third-order valence-corrected chi connectivity index (χ3v) is 5.22. The van der Waals surface area contributed by atoms with E-state index >= 15 is 0 Å². The molecular weight excluding hydrogens is 355 g/mol. The first-order valence-corrected chi connectivity index (χ1v) is 8.83. The summed E-state index contributed by atoms with van der Waals surface area (Å²) in [4.78, 5) is 27.1. The summed E-state index contributed by atoms with van der Waals surface area (Å²) in [6, 6.07) is 2.34. The first-order valence-electron chi connectivity index (χ1n) is 6.26. The number of hydrogen-bond donors (Lipinski definition) is 1. The molecular formula is C12H12Cl2N2O5S. The number of halogens is 2. The van der Waals surface area contributed by atoms with Gasteiger partial charge in [-0.2, -0.15) is 0 Å². The van der Waals surface area contributed by atoms with Gasteiger partial charge in [0.2, 0.25) is 0 Å². The number of carbonyl (C=O) groups excluding carboxylic acids is 2. The molecule has 1 aromatic rings. The van der Waals surface area contributed by atoms with E-state index < -0.39 is 34.4 Å². The Kier molecular flexibility index (Phi) is 5.25. The number of pyridine rings is 1. The first-order chi connectivity index (χ1) is 10.3. The molecule has 10 heteroatoms. The zero-order valence-electron chi connectivity index (χ0n) is 11.2. The quantitative estimate of drug-likeness (QED) is 0.625. The molecule has 0 spiro atoms. The molecule has 7 nitrogen and oxygen atoms in total. The molecule has 1 saturated heterocycles. The summed E-state index contributed by atoms with van der Waals surface area (Å²) < 4.78 is 27.3. The van der Waals surface area contributed by atoms with Gasteiger partial charge in [-0.25, -0.2) is 18.2 Å². The Morgan fingerprint density at radius 3 is 2.73 bits per heavy atom.